The molecule has 0 aliphatic heterocycles. The lowest BCUT2D eigenvalue weighted by Crippen LogP contribution is -2.34. The Balaban J connectivity index is 1.75. The van der Waals surface area contributed by atoms with Crippen molar-refractivity contribution in [3.8, 4) is 0 Å². The molecule has 1 aromatic heterocycles. The van der Waals surface area contributed by atoms with Gasteiger partial charge in [0.05, 0.1) is 11.8 Å². The van der Waals surface area contributed by atoms with Crippen molar-refractivity contribution in [2.45, 2.75) is 64.0 Å². The van der Waals surface area contributed by atoms with Gasteiger partial charge in [-0.1, -0.05) is 6.92 Å². The van der Waals surface area contributed by atoms with Crippen LogP contribution in [0.4, 0.5) is 5.13 Å². The fourth-order valence-electron chi connectivity index (χ4n) is 3.32. The smallest absolute Gasteiger partial charge is 0.185 e. The lowest BCUT2D eigenvalue weighted by Gasteiger charge is -2.33. The van der Waals surface area contributed by atoms with Gasteiger partial charge in [-0.15, -0.1) is 11.3 Å². The Morgan fingerprint density at radius 1 is 1.21 bits per heavy atom. The molecule has 1 fully saturated rings. The predicted octanol–water partition coefficient (Wildman–Crippen LogP) is 3.53. The minimum Gasteiger partial charge on any atom is -0.387 e. The SMILES string of the molecule is CC1CCC(N(C)c2nc3c(s2)CCCC3O)CC1. The van der Waals surface area contributed by atoms with Gasteiger partial charge in [-0.3, -0.25) is 0 Å². The van der Waals surface area contributed by atoms with E-state index in [0.717, 1.165) is 36.0 Å². The Labute approximate surface area is 119 Å². The van der Waals surface area contributed by atoms with Crippen LogP contribution in [0.5, 0.6) is 0 Å². The van der Waals surface area contributed by atoms with Crippen molar-refractivity contribution in [1.29, 1.82) is 0 Å². The van der Waals surface area contributed by atoms with Crippen LogP contribution in [0.3, 0.4) is 0 Å². The van der Waals surface area contributed by atoms with Crippen molar-refractivity contribution in [1.82, 2.24) is 4.98 Å². The molecular formula is C15H24N2OS. The number of anilines is 1. The van der Waals surface area contributed by atoms with Gasteiger partial charge in [-0.05, 0) is 50.9 Å². The summed E-state index contributed by atoms with van der Waals surface area (Å²) >= 11 is 1.80. The van der Waals surface area contributed by atoms with Crippen LogP contribution in [-0.2, 0) is 6.42 Å². The van der Waals surface area contributed by atoms with E-state index in [-0.39, 0.29) is 6.10 Å². The molecular weight excluding hydrogens is 256 g/mol. The van der Waals surface area contributed by atoms with E-state index in [4.69, 9.17) is 4.98 Å². The summed E-state index contributed by atoms with van der Waals surface area (Å²) in [6, 6.07) is 0.640. The van der Waals surface area contributed by atoms with Crippen LogP contribution in [0.25, 0.3) is 0 Å². The second-order valence-electron chi connectivity index (χ2n) is 6.24. The number of rotatable bonds is 2. The summed E-state index contributed by atoms with van der Waals surface area (Å²) in [5, 5.41) is 11.1. The van der Waals surface area contributed by atoms with Gasteiger partial charge in [0.1, 0.15) is 0 Å². The Hall–Kier alpha value is -0.610. The topological polar surface area (TPSA) is 36.4 Å². The Morgan fingerprint density at radius 3 is 2.63 bits per heavy atom. The maximum absolute atomic E-state index is 10.0. The zero-order valence-corrected chi connectivity index (χ0v) is 12.7. The second kappa shape index (κ2) is 5.41. The molecule has 0 amide bonds. The first-order chi connectivity index (χ1) is 9.15. The number of aliphatic hydroxyl groups excluding tert-OH is 1. The molecule has 0 aromatic carbocycles. The van der Waals surface area contributed by atoms with Gasteiger partial charge >= 0.3 is 0 Å². The van der Waals surface area contributed by atoms with Gasteiger partial charge in [0.2, 0.25) is 0 Å². The van der Waals surface area contributed by atoms with E-state index >= 15 is 0 Å². The quantitative estimate of drug-likeness (QED) is 0.900. The standard InChI is InChI=1S/C15H24N2OS/c1-10-6-8-11(9-7-10)17(2)15-16-14-12(18)4-3-5-13(14)19-15/h10-12,18H,3-9H2,1-2H3. The number of thiazole rings is 1. The number of aromatic nitrogens is 1. The summed E-state index contributed by atoms with van der Waals surface area (Å²) < 4.78 is 0. The van der Waals surface area contributed by atoms with Gasteiger partial charge in [0.25, 0.3) is 0 Å². The second-order valence-corrected chi connectivity index (χ2v) is 7.30. The molecule has 0 spiro atoms. The maximum Gasteiger partial charge on any atom is 0.185 e. The fraction of sp³-hybridized carbons (Fsp3) is 0.800. The summed E-state index contributed by atoms with van der Waals surface area (Å²) in [6.07, 6.45) is 7.98. The van der Waals surface area contributed by atoms with E-state index in [1.807, 2.05) is 0 Å². The van der Waals surface area contributed by atoms with E-state index in [1.165, 1.54) is 30.6 Å². The Morgan fingerprint density at radius 2 is 1.95 bits per heavy atom. The molecule has 0 bridgehead atoms. The molecule has 3 nitrogen and oxygen atoms in total. The van der Waals surface area contributed by atoms with Crippen molar-refractivity contribution in [2.24, 2.45) is 5.92 Å². The monoisotopic (exact) mass is 280 g/mol. The third-order valence-corrected chi connectivity index (χ3v) is 5.97. The third-order valence-electron chi connectivity index (χ3n) is 4.75. The van der Waals surface area contributed by atoms with Crippen molar-refractivity contribution >= 4 is 16.5 Å². The molecule has 2 aliphatic rings. The maximum atomic E-state index is 10.0. The Bertz CT molecular complexity index is 437. The van der Waals surface area contributed by atoms with E-state index in [1.54, 1.807) is 11.3 Å². The van der Waals surface area contributed by atoms with Crippen LogP contribution < -0.4 is 4.90 Å². The van der Waals surface area contributed by atoms with E-state index in [9.17, 15) is 5.11 Å². The zero-order valence-electron chi connectivity index (χ0n) is 11.9. The molecule has 2 aliphatic carbocycles. The van der Waals surface area contributed by atoms with Crippen molar-refractivity contribution in [3.63, 3.8) is 0 Å². The van der Waals surface area contributed by atoms with Crippen LogP contribution in [0.1, 0.15) is 62.1 Å². The molecule has 1 saturated carbocycles. The van der Waals surface area contributed by atoms with Gasteiger partial charge in [0.15, 0.2) is 5.13 Å². The summed E-state index contributed by atoms with van der Waals surface area (Å²) in [5.74, 6) is 0.885. The number of hydrogen-bond acceptors (Lipinski definition) is 4. The molecule has 3 rings (SSSR count). The largest absolute Gasteiger partial charge is 0.387 e. The molecule has 1 N–H and O–H groups in total. The normalized spacial score (nSPS) is 31.0. The Kier molecular flexibility index (Phi) is 3.81. The predicted molar refractivity (Wildman–Crippen MR) is 79.8 cm³/mol. The van der Waals surface area contributed by atoms with Gasteiger partial charge in [-0.2, -0.15) is 0 Å². The summed E-state index contributed by atoms with van der Waals surface area (Å²) in [5.41, 5.74) is 0.960. The minimum absolute atomic E-state index is 0.325. The molecule has 106 valence electrons. The highest BCUT2D eigenvalue weighted by Crippen LogP contribution is 2.38. The highest BCUT2D eigenvalue weighted by molar-refractivity contribution is 7.15. The van der Waals surface area contributed by atoms with Crippen LogP contribution >= 0.6 is 11.3 Å². The molecule has 4 heteroatoms. The highest BCUT2D eigenvalue weighted by Gasteiger charge is 2.27. The molecule has 19 heavy (non-hydrogen) atoms. The average molecular weight is 280 g/mol. The fourth-order valence-corrected chi connectivity index (χ4v) is 4.51. The van der Waals surface area contributed by atoms with E-state index in [0.29, 0.717) is 6.04 Å². The number of nitrogens with zero attached hydrogens (tertiary/aromatic N) is 2. The summed E-state index contributed by atoms with van der Waals surface area (Å²) in [4.78, 5) is 8.39. The highest BCUT2D eigenvalue weighted by atomic mass is 32.1. The van der Waals surface area contributed by atoms with Gasteiger partial charge < -0.3 is 10.0 Å². The number of hydrogen-bond donors (Lipinski definition) is 1. The number of aliphatic hydroxyl groups is 1. The molecule has 1 aromatic rings. The van der Waals surface area contributed by atoms with Crippen LogP contribution in [-0.4, -0.2) is 23.2 Å². The lowest BCUT2D eigenvalue weighted by atomic mass is 9.87. The minimum atomic E-state index is -0.325. The molecule has 0 saturated heterocycles. The molecule has 0 radical (unpaired) electrons. The van der Waals surface area contributed by atoms with Crippen molar-refractivity contribution in [2.75, 3.05) is 11.9 Å². The van der Waals surface area contributed by atoms with Crippen molar-refractivity contribution in [3.05, 3.63) is 10.6 Å². The van der Waals surface area contributed by atoms with Gasteiger partial charge in [-0.25, -0.2) is 4.98 Å². The van der Waals surface area contributed by atoms with Crippen molar-refractivity contribution < 1.29 is 5.11 Å². The molecule has 1 unspecified atom stereocenters. The zero-order chi connectivity index (χ0) is 13.4. The number of aryl methyl sites for hydroxylation is 1. The third kappa shape index (κ3) is 2.65. The average Bonchev–Trinajstić information content (AvgIpc) is 2.84. The lowest BCUT2D eigenvalue weighted by molar-refractivity contribution is 0.153. The first-order valence-electron chi connectivity index (χ1n) is 7.55. The van der Waals surface area contributed by atoms with Gasteiger partial charge in [0, 0.05) is 18.0 Å². The molecule has 1 heterocycles. The van der Waals surface area contributed by atoms with Crippen LogP contribution in [0, 0.1) is 5.92 Å². The first-order valence-corrected chi connectivity index (χ1v) is 8.37. The summed E-state index contributed by atoms with van der Waals surface area (Å²) in [7, 11) is 2.18. The van der Waals surface area contributed by atoms with E-state index < -0.39 is 0 Å². The number of fused-ring (bicyclic) bond motifs is 1. The molecule has 1 atom stereocenters. The first kappa shape index (κ1) is 13.4. The van der Waals surface area contributed by atoms with Crippen LogP contribution in [0.2, 0.25) is 0 Å². The summed E-state index contributed by atoms with van der Waals surface area (Å²) in [6.45, 7) is 2.36. The van der Waals surface area contributed by atoms with E-state index in [2.05, 4.69) is 18.9 Å². The van der Waals surface area contributed by atoms with Crippen LogP contribution in [0.15, 0.2) is 0 Å².